The molecule has 15 heavy (non-hydrogen) atoms. The van der Waals surface area contributed by atoms with Gasteiger partial charge in [0.2, 0.25) is 0 Å². The van der Waals surface area contributed by atoms with Crippen molar-refractivity contribution in [2.24, 2.45) is 0 Å². The van der Waals surface area contributed by atoms with E-state index in [0.29, 0.717) is 18.6 Å². The van der Waals surface area contributed by atoms with Crippen LogP contribution in [0.2, 0.25) is 0 Å². The van der Waals surface area contributed by atoms with E-state index in [-0.39, 0.29) is 26.3 Å². The van der Waals surface area contributed by atoms with Gasteiger partial charge in [-0.05, 0) is 27.7 Å². The summed E-state index contributed by atoms with van der Waals surface area (Å²) in [4.78, 5) is 18.4. The summed E-state index contributed by atoms with van der Waals surface area (Å²) < 4.78 is 0. The standard InChI is InChI=1S/C10H22N2O2.Li.H/c1-8(2)12(9(3)4)7-10(13)14-11(5)6;;/h8-9H,7H2,1-6H3;;/q;+1;-1. The van der Waals surface area contributed by atoms with E-state index in [1.165, 1.54) is 5.06 Å². The van der Waals surface area contributed by atoms with Crippen LogP contribution in [-0.2, 0) is 9.63 Å². The van der Waals surface area contributed by atoms with E-state index in [0.717, 1.165) is 0 Å². The SMILES string of the molecule is CC(C)N(CC(=O)ON(C)C)C(C)C.[H-].[Li+]. The summed E-state index contributed by atoms with van der Waals surface area (Å²) in [5.41, 5.74) is 0. The second-order valence-corrected chi connectivity index (χ2v) is 4.14. The van der Waals surface area contributed by atoms with Gasteiger partial charge in [-0.15, -0.1) is 5.06 Å². The van der Waals surface area contributed by atoms with Crippen LogP contribution in [0.25, 0.3) is 0 Å². The van der Waals surface area contributed by atoms with E-state index in [1.807, 2.05) is 0 Å². The Morgan fingerprint density at radius 1 is 1.20 bits per heavy atom. The van der Waals surface area contributed by atoms with Crippen LogP contribution in [0.3, 0.4) is 0 Å². The molecule has 0 spiro atoms. The molecule has 0 amide bonds. The molecule has 0 saturated carbocycles. The zero-order valence-corrected chi connectivity index (χ0v) is 11.1. The molecule has 0 unspecified atom stereocenters. The topological polar surface area (TPSA) is 32.8 Å². The molecule has 0 aliphatic rings. The van der Waals surface area contributed by atoms with Crippen molar-refractivity contribution < 1.29 is 29.9 Å². The maximum atomic E-state index is 11.4. The van der Waals surface area contributed by atoms with Crippen molar-refractivity contribution in [1.29, 1.82) is 0 Å². The van der Waals surface area contributed by atoms with Crippen LogP contribution in [0, 0.1) is 0 Å². The Morgan fingerprint density at radius 3 is 1.87 bits per heavy atom. The molecule has 0 atom stereocenters. The maximum absolute atomic E-state index is 11.4. The first-order valence-electron chi connectivity index (χ1n) is 4.98. The number of rotatable bonds is 5. The molecule has 0 saturated heterocycles. The van der Waals surface area contributed by atoms with Crippen molar-refractivity contribution in [2.45, 2.75) is 39.8 Å². The van der Waals surface area contributed by atoms with Gasteiger partial charge in [-0.1, -0.05) is 0 Å². The first-order valence-corrected chi connectivity index (χ1v) is 4.98. The molecule has 0 heterocycles. The van der Waals surface area contributed by atoms with Gasteiger partial charge in [-0.25, -0.2) is 4.79 Å². The number of hydrogen-bond acceptors (Lipinski definition) is 4. The van der Waals surface area contributed by atoms with E-state index in [4.69, 9.17) is 4.84 Å². The van der Waals surface area contributed by atoms with Gasteiger partial charge in [0.1, 0.15) is 0 Å². The Morgan fingerprint density at radius 2 is 1.60 bits per heavy atom. The van der Waals surface area contributed by atoms with E-state index >= 15 is 0 Å². The fraction of sp³-hybridized carbons (Fsp3) is 0.900. The molecule has 0 bridgehead atoms. The molecular weight excluding hydrogens is 187 g/mol. The van der Waals surface area contributed by atoms with Gasteiger partial charge in [-0.2, -0.15) is 0 Å². The Bertz CT molecular complexity index is 182. The zero-order chi connectivity index (χ0) is 11.3. The van der Waals surface area contributed by atoms with E-state index in [9.17, 15) is 4.79 Å². The number of nitrogens with zero attached hydrogens (tertiary/aromatic N) is 2. The minimum Gasteiger partial charge on any atom is -1.00 e. The second-order valence-electron chi connectivity index (χ2n) is 4.14. The minimum atomic E-state index is -0.211. The van der Waals surface area contributed by atoms with Gasteiger partial charge in [0, 0.05) is 26.2 Å². The zero-order valence-electron chi connectivity index (χ0n) is 12.1. The molecule has 4 nitrogen and oxygen atoms in total. The van der Waals surface area contributed by atoms with Crippen molar-refractivity contribution >= 4 is 5.97 Å². The Balaban J connectivity index is -0.000000845. The van der Waals surface area contributed by atoms with Gasteiger partial charge in [-0.3, -0.25) is 4.90 Å². The molecule has 0 aliphatic carbocycles. The van der Waals surface area contributed by atoms with E-state index < -0.39 is 0 Å². The summed E-state index contributed by atoms with van der Waals surface area (Å²) in [6.07, 6.45) is 0. The van der Waals surface area contributed by atoms with Crippen LogP contribution < -0.4 is 18.9 Å². The van der Waals surface area contributed by atoms with Crippen LogP contribution in [0.4, 0.5) is 0 Å². The fourth-order valence-corrected chi connectivity index (χ4v) is 1.34. The predicted octanol–water partition coefficient (Wildman–Crippen LogP) is -1.76. The molecule has 0 N–H and O–H groups in total. The Labute approximate surface area is 107 Å². The molecule has 5 heteroatoms. The van der Waals surface area contributed by atoms with Crippen molar-refractivity contribution in [3.8, 4) is 0 Å². The van der Waals surface area contributed by atoms with Crippen LogP contribution in [0.1, 0.15) is 29.1 Å². The van der Waals surface area contributed by atoms with Crippen LogP contribution in [0.5, 0.6) is 0 Å². The fourth-order valence-electron chi connectivity index (χ4n) is 1.34. The number of carbonyl (C=O) groups is 1. The van der Waals surface area contributed by atoms with Crippen LogP contribution in [-0.4, -0.2) is 48.7 Å². The monoisotopic (exact) mass is 210 g/mol. The molecule has 86 valence electrons. The molecule has 0 aromatic carbocycles. The van der Waals surface area contributed by atoms with Crippen molar-refractivity contribution in [3.05, 3.63) is 0 Å². The smallest absolute Gasteiger partial charge is 1.00 e. The van der Waals surface area contributed by atoms with E-state index in [1.54, 1.807) is 14.1 Å². The van der Waals surface area contributed by atoms with Gasteiger partial charge >= 0.3 is 24.8 Å². The van der Waals surface area contributed by atoms with Gasteiger partial charge in [0.25, 0.3) is 0 Å². The van der Waals surface area contributed by atoms with Crippen molar-refractivity contribution in [3.63, 3.8) is 0 Å². The minimum absolute atomic E-state index is 0. The third-order valence-electron chi connectivity index (χ3n) is 1.92. The van der Waals surface area contributed by atoms with Crippen LogP contribution >= 0.6 is 0 Å². The predicted molar refractivity (Wildman–Crippen MR) is 57.9 cm³/mol. The number of hydrogen-bond donors (Lipinski definition) is 0. The first kappa shape index (κ1) is 17.4. The molecule has 0 rings (SSSR count). The molecular formula is C10H23LiN2O2. The largest absolute Gasteiger partial charge is 1.00 e. The molecule has 0 aromatic heterocycles. The summed E-state index contributed by atoms with van der Waals surface area (Å²) in [5, 5.41) is 1.42. The normalized spacial score (nSPS) is 11.1. The third-order valence-corrected chi connectivity index (χ3v) is 1.92. The molecule has 0 aromatic rings. The molecule has 0 fully saturated rings. The molecule has 0 aliphatic heterocycles. The molecule has 0 radical (unpaired) electrons. The van der Waals surface area contributed by atoms with Gasteiger partial charge < -0.3 is 6.26 Å². The average Bonchev–Trinajstić information content (AvgIpc) is 1.97. The first-order chi connectivity index (χ1) is 6.34. The van der Waals surface area contributed by atoms with Gasteiger partial charge in [0.05, 0.1) is 6.54 Å². The summed E-state index contributed by atoms with van der Waals surface area (Å²) in [7, 11) is 3.40. The third kappa shape index (κ3) is 7.86. The summed E-state index contributed by atoms with van der Waals surface area (Å²) >= 11 is 0. The Kier molecular flexibility index (Phi) is 9.48. The van der Waals surface area contributed by atoms with Crippen molar-refractivity contribution in [1.82, 2.24) is 9.96 Å². The maximum Gasteiger partial charge on any atom is 1.00 e. The summed E-state index contributed by atoms with van der Waals surface area (Å²) in [6, 6.07) is 0.703. The van der Waals surface area contributed by atoms with Gasteiger partial charge in [0.15, 0.2) is 0 Å². The number of carbonyl (C=O) groups excluding carboxylic acids is 1. The average molecular weight is 210 g/mol. The quantitative estimate of drug-likeness (QED) is 0.397. The summed E-state index contributed by atoms with van der Waals surface area (Å²) in [6.45, 7) is 8.63. The summed E-state index contributed by atoms with van der Waals surface area (Å²) in [5.74, 6) is -0.211. The second kappa shape index (κ2) is 8.18. The van der Waals surface area contributed by atoms with E-state index in [2.05, 4.69) is 32.6 Å². The van der Waals surface area contributed by atoms with Crippen molar-refractivity contribution in [2.75, 3.05) is 20.6 Å². The van der Waals surface area contributed by atoms with Crippen LogP contribution in [0.15, 0.2) is 0 Å². The Hall–Kier alpha value is -0.0126. The number of hydroxylamine groups is 2.